The third-order valence-corrected chi connectivity index (χ3v) is 8.90. The first-order valence-corrected chi connectivity index (χ1v) is 18.2. The Labute approximate surface area is 302 Å². The minimum absolute atomic E-state index is 0.0222. The van der Waals surface area contributed by atoms with Crippen molar-refractivity contribution in [1.82, 2.24) is 9.80 Å². The molecule has 0 radical (unpaired) electrons. The Balaban J connectivity index is 0.000000508. The first kappa shape index (κ1) is 43.3. The van der Waals surface area contributed by atoms with Crippen LogP contribution in [0.4, 0.5) is 18.0 Å². The van der Waals surface area contributed by atoms with E-state index in [1.807, 2.05) is 52.0 Å². The topological polar surface area (TPSA) is 107 Å². The van der Waals surface area contributed by atoms with Crippen molar-refractivity contribution in [2.75, 3.05) is 33.9 Å². The number of nitrogens with zero attached hydrogens (tertiary/aromatic N) is 3. The summed E-state index contributed by atoms with van der Waals surface area (Å²) in [4.78, 5) is 30.8. The van der Waals surface area contributed by atoms with E-state index >= 15 is 0 Å². The zero-order valence-corrected chi connectivity index (χ0v) is 31.3. The number of likely N-dealkylation sites (tertiary alicyclic amines) is 1. The Morgan fingerprint density at radius 1 is 0.961 bits per heavy atom. The van der Waals surface area contributed by atoms with Crippen molar-refractivity contribution in [1.29, 1.82) is 0 Å². The maximum Gasteiger partial charge on any atom is 0.411 e. The molecule has 3 unspecified atom stereocenters. The molecular formula is C39H57F3N4O5. The van der Waals surface area contributed by atoms with Crippen LogP contribution >= 0.6 is 0 Å². The van der Waals surface area contributed by atoms with Crippen LogP contribution in [-0.2, 0) is 14.3 Å². The van der Waals surface area contributed by atoms with Gasteiger partial charge in [-0.15, -0.1) is 0 Å². The second-order valence-corrected chi connectivity index (χ2v) is 12.1. The fourth-order valence-corrected chi connectivity index (χ4v) is 6.37. The van der Waals surface area contributed by atoms with Crippen LogP contribution in [0.2, 0.25) is 0 Å². The van der Waals surface area contributed by atoms with E-state index in [0.717, 1.165) is 55.6 Å². The lowest BCUT2D eigenvalue weighted by molar-refractivity contribution is -0.126. The molecule has 6 rings (SSSR count). The Morgan fingerprint density at radius 3 is 2.08 bits per heavy atom. The summed E-state index contributed by atoms with van der Waals surface area (Å²) in [6.45, 7) is 12.2. The number of benzene rings is 2. The molecule has 4 aliphatic rings. The van der Waals surface area contributed by atoms with Gasteiger partial charge in [0.25, 0.3) is 6.47 Å². The minimum atomic E-state index is -1.55. The van der Waals surface area contributed by atoms with Gasteiger partial charge in [-0.3, -0.25) is 19.6 Å². The highest BCUT2D eigenvalue weighted by molar-refractivity contribution is 6.26. The van der Waals surface area contributed by atoms with Crippen LogP contribution in [0, 0.1) is 17.5 Å². The van der Waals surface area contributed by atoms with Crippen molar-refractivity contribution in [2.45, 2.75) is 110 Å². The molecule has 9 nitrogen and oxygen atoms in total. The summed E-state index contributed by atoms with van der Waals surface area (Å²) in [5.41, 5.74) is 8.16. The SMILES string of the molecule is CC.CC.COC=O.COc1ccccc1C1=CCC(N2CCCC2)N=C1CN1C(=O)OC(c2cc(F)c(F)c(F)c2)C1C.NC1CCCCC1. The van der Waals surface area contributed by atoms with E-state index in [1.165, 1.54) is 44.1 Å². The molecule has 1 saturated carbocycles. The predicted molar refractivity (Wildman–Crippen MR) is 196 cm³/mol. The van der Waals surface area contributed by atoms with Gasteiger partial charge >= 0.3 is 6.09 Å². The van der Waals surface area contributed by atoms with Crippen LogP contribution in [-0.4, -0.2) is 80.2 Å². The van der Waals surface area contributed by atoms with Crippen LogP contribution in [0.5, 0.6) is 5.75 Å². The summed E-state index contributed by atoms with van der Waals surface area (Å²) in [5, 5.41) is 0. The van der Waals surface area contributed by atoms with Gasteiger partial charge in [-0.1, -0.05) is 71.2 Å². The van der Waals surface area contributed by atoms with Gasteiger partial charge in [-0.05, 0) is 50.8 Å². The maximum atomic E-state index is 13.9. The lowest BCUT2D eigenvalue weighted by Gasteiger charge is -2.30. The van der Waals surface area contributed by atoms with Gasteiger partial charge in [0, 0.05) is 42.3 Å². The van der Waals surface area contributed by atoms with E-state index < -0.39 is 35.7 Å². The fourth-order valence-electron chi connectivity index (χ4n) is 6.37. The van der Waals surface area contributed by atoms with Crippen molar-refractivity contribution in [3.63, 3.8) is 0 Å². The molecule has 2 aromatic carbocycles. The molecule has 0 spiro atoms. The zero-order chi connectivity index (χ0) is 37.9. The smallest absolute Gasteiger partial charge is 0.411 e. The third kappa shape index (κ3) is 12.1. The van der Waals surface area contributed by atoms with Gasteiger partial charge in [0.1, 0.15) is 18.0 Å². The number of cyclic esters (lactones) is 1. The van der Waals surface area contributed by atoms with Crippen LogP contribution < -0.4 is 10.5 Å². The van der Waals surface area contributed by atoms with Crippen molar-refractivity contribution in [3.05, 3.63) is 71.1 Å². The molecule has 1 amide bonds. The van der Waals surface area contributed by atoms with Gasteiger partial charge in [-0.2, -0.15) is 0 Å². The monoisotopic (exact) mass is 718 g/mol. The largest absolute Gasteiger partial charge is 0.496 e. The number of ether oxygens (including phenoxy) is 3. The predicted octanol–water partition coefficient (Wildman–Crippen LogP) is 8.46. The number of hydrogen-bond donors (Lipinski definition) is 1. The Morgan fingerprint density at radius 2 is 1.55 bits per heavy atom. The van der Waals surface area contributed by atoms with Gasteiger partial charge in [0.05, 0.1) is 32.5 Å². The summed E-state index contributed by atoms with van der Waals surface area (Å²) in [5.74, 6) is -3.50. The normalized spacial score (nSPS) is 21.4. The quantitative estimate of drug-likeness (QED) is 0.226. The minimum Gasteiger partial charge on any atom is -0.496 e. The van der Waals surface area contributed by atoms with E-state index in [4.69, 9.17) is 25.0 Å². The van der Waals surface area contributed by atoms with Crippen LogP contribution in [0.25, 0.3) is 5.57 Å². The summed E-state index contributed by atoms with van der Waals surface area (Å²) in [6.07, 6.45) is 10.2. The molecule has 2 N–H and O–H groups in total. The highest BCUT2D eigenvalue weighted by atomic mass is 19.2. The third-order valence-electron chi connectivity index (χ3n) is 8.90. The summed E-state index contributed by atoms with van der Waals surface area (Å²) < 4.78 is 56.2. The number of carbonyl (C=O) groups is 2. The molecule has 284 valence electrons. The van der Waals surface area contributed by atoms with Crippen LogP contribution in [0.3, 0.4) is 0 Å². The van der Waals surface area contributed by atoms with Crippen molar-refractivity contribution >= 4 is 23.9 Å². The second kappa shape index (κ2) is 22.8. The molecule has 3 heterocycles. The molecule has 0 aromatic heterocycles. The number of amides is 1. The molecule has 2 aromatic rings. The Kier molecular flexibility index (Phi) is 19.4. The summed E-state index contributed by atoms with van der Waals surface area (Å²) in [7, 11) is 2.92. The number of dihydropyridines is 1. The van der Waals surface area contributed by atoms with E-state index in [-0.39, 0.29) is 18.3 Å². The number of nitrogens with two attached hydrogens (primary N) is 1. The number of rotatable bonds is 7. The molecule has 3 fully saturated rings. The molecule has 51 heavy (non-hydrogen) atoms. The Hall–Kier alpha value is -3.90. The Bertz CT molecular complexity index is 1400. The van der Waals surface area contributed by atoms with Gasteiger partial charge in [0.2, 0.25) is 0 Å². The van der Waals surface area contributed by atoms with Crippen LogP contribution in [0.15, 0.2) is 47.5 Å². The number of aliphatic imine (C=N–C) groups is 1. The van der Waals surface area contributed by atoms with Crippen molar-refractivity contribution in [2.24, 2.45) is 10.7 Å². The van der Waals surface area contributed by atoms with Gasteiger partial charge < -0.3 is 19.9 Å². The molecule has 2 saturated heterocycles. The number of para-hydroxylation sites is 1. The lowest BCUT2D eigenvalue weighted by atomic mass is 9.95. The lowest BCUT2D eigenvalue weighted by Crippen LogP contribution is -2.40. The van der Waals surface area contributed by atoms with Crippen LogP contribution in [0.1, 0.15) is 103 Å². The molecule has 0 bridgehead atoms. The van der Waals surface area contributed by atoms with E-state index in [9.17, 15) is 18.0 Å². The van der Waals surface area contributed by atoms with Gasteiger partial charge in [-0.25, -0.2) is 18.0 Å². The number of methoxy groups -OCH3 is 2. The standard InChI is InChI=1S/C27H28F3N3O3.C6H13N.C2H4O2.2C2H6/c1-16-26(17-13-20(28)25(30)21(29)14-17)36-27(34)33(16)15-22-18(19-7-3-4-8-23(19)35-2)9-10-24(31-22)32-11-5-6-12-32;7-6-4-2-1-3-5-6;1-4-2-3;2*1-2/h3-4,7-9,13-14,16,24,26H,5-6,10-12,15H2,1-2H3;6H,1-5,7H2;2H,1H3;2*1-2H3. The summed E-state index contributed by atoms with van der Waals surface area (Å²) >= 11 is 0. The average molecular weight is 719 g/mol. The first-order valence-electron chi connectivity index (χ1n) is 18.2. The molecular weight excluding hydrogens is 661 g/mol. The highest BCUT2D eigenvalue weighted by Crippen LogP contribution is 2.36. The number of hydrogen-bond acceptors (Lipinski definition) is 8. The average Bonchev–Trinajstić information content (AvgIpc) is 3.81. The zero-order valence-electron chi connectivity index (χ0n) is 31.3. The number of carbonyl (C=O) groups excluding carboxylic acids is 2. The maximum absolute atomic E-state index is 13.9. The molecule has 1 aliphatic carbocycles. The highest BCUT2D eigenvalue weighted by Gasteiger charge is 2.42. The fraction of sp³-hybridized carbons (Fsp3) is 0.564. The van der Waals surface area contributed by atoms with E-state index in [1.54, 1.807) is 14.0 Å². The van der Waals surface area contributed by atoms with E-state index in [0.29, 0.717) is 24.0 Å². The second-order valence-electron chi connectivity index (χ2n) is 12.1. The van der Waals surface area contributed by atoms with Crippen molar-refractivity contribution in [3.8, 4) is 5.75 Å². The molecule has 3 aliphatic heterocycles. The molecule has 3 atom stereocenters. The summed E-state index contributed by atoms with van der Waals surface area (Å²) in [6, 6.07) is 9.36. The first-order chi connectivity index (χ1) is 24.7. The number of halogens is 3. The van der Waals surface area contributed by atoms with Crippen molar-refractivity contribution < 1.29 is 37.0 Å². The van der Waals surface area contributed by atoms with E-state index in [2.05, 4.69) is 15.7 Å². The molecule has 12 heteroatoms. The van der Waals surface area contributed by atoms with Gasteiger partial charge in [0.15, 0.2) is 17.5 Å².